The van der Waals surface area contributed by atoms with Crippen LogP contribution in [0.2, 0.25) is 0 Å². The number of hydrogen-bond donors (Lipinski definition) is 0. The first-order valence-electron chi connectivity index (χ1n) is 18.2. The molecule has 7 rings (SSSR count). The SMILES string of the molecule is CCOc1ccc([C@H](c2nnnn2CCc2ccccc2)N2CCN([C@@H](c3ccc(OCC)cc3)c3nnnn3CCc3ccccc3)CC2)cc1. The van der Waals surface area contributed by atoms with E-state index in [1.165, 1.54) is 11.1 Å². The monoisotopic (exact) mass is 698 g/mol. The van der Waals surface area contributed by atoms with E-state index in [1.54, 1.807) is 0 Å². The summed E-state index contributed by atoms with van der Waals surface area (Å²) < 4.78 is 15.5. The van der Waals surface area contributed by atoms with Crippen molar-refractivity contribution < 1.29 is 9.47 Å². The second kappa shape index (κ2) is 17.2. The molecule has 1 aliphatic heterocycles. The van der Waals surface area contributed by atoms with Gasteiger partial charge in [0.2, 0.25) is 0 Å². The van der Waals surface area contributed by atoms with E-state index < -0.39 is 0 Å². The van der Waals surface area contributed by atoms with Crippen LogP contribution in [0.5, 0.6) is 11.5 Å². The molecule has 1 fully saturated rings. The molecule has 0 saturated carbocycles. The summed E-state index contributed by atoms with van der Waals surface area (Å²) >= 11 is 0. The first-order chi connectivity index (χ1) is 25.7. The summed E-state index contributed by atoms with van der Waals surface area (Å²) in [6.07, 6.45) is 1.68. The quantitative estimate of drug-likeness (QED) is 0.130. The minimum absolute atomic E-state index is 0.135. The highest BCUT2D eigenvalue weighted by molar-refractivity contribution is 5.34. The number of aryl methyl sites for hydroxylation is 4. The van der Waals surface area contributed by atoms with Crippen molar-refractivity contribution in [2.24, 2.45) is 0 Å². The summed E-state index contributed by atoms with van der Waals surface area (Å²) in [6.45, 7) is 9.78. The molecule has 2 aromatic heterocycles. The molecule has 4 aromatic carbocycles. The van der Waals surface area contributed by atoms with Crippen molar-refractivity contribution in [1.82, 2.24) is 50.2 Å². The smallest absolute Gasteiger partial charge is 0.173 e. The van der Waals surface area contributed by atoms with Gasteiger partial charge in [0.05, 0.1) is 25.3 Å². The molecule has 2 atom stereocenters. The zero-order chi connectivity index (χ0) is 35.5. The highest BCUT2D eigenvalue weighted by Gasteiger charge is 2.35. The van der Waals surface area contributed by atoms with Gasteiger partial charge in [-0.1, -0.05) is 84.9 Å². The Bertz CT molecular complexity index is 1800. The van der Waals surface area contributed by atoms with Gasteiger partial charge in [-0.05, 0) is 94.1 Å². The lowest BCUT2D eigenvalue weighted by Crippen LogP contribution is -2.50. The summed E-state index contributed by atoms with van der Waals surface area (Å²) in [5, 5.41) is 26.5. The molecule has 1 saturated heterocycles. The van der Waals surface area contributed by atoms with Crippen LogP contribution in [-0.2, 0) is 25.9 Å². The van der Waals surface area contributed by atoms with Crippen LogP contribution < -0.4 is 9.47 Å². The Morgan fingerprint density at radius 1 is 0.519 bits per heavy atom. The zero-order valence-corrected chi connectivity index (χ0v) is 29.9. The molecule has 6 aromatic rings. The van der Waals surface area contributed by atoms with E-state index in [0.29, 0.717) is 26.3 Å². The minimum atomic E-state index is -0.135. The fourth-order valence-corrected chi connectivity index (χ4v) is 7.02. The second-order valence-electron chi connectivity index (χ2n) is 12.9. The van der Waals surface area contributed by atoms with Crippen molar-refractivity contribution in [2.45, 2.75) is 51.9 Å². The average Bonchev–Trinajstić information content (AvgIpc) is 3.86. The first-order valence-corrected chi connectivity index (χ1v) is 18.2. The third-order valence-corrected chi connectivity index (χ3v) is 9.61. The van der Waals surface area contributed by atoms with E-state index in [-0.39, 0.29) is 12.1 Å². The molecule has 0 radical (unpaired) electrons. The minimum Gasteiger partial charge on any atom is -0.494 e. The van der Waals surface area contributed by atoms with Crippen molar-refractivity contribution in [2.75, 3.05) is 39.4 Å². The fourth-order valence-electron chi connectivity index (χ4n) is 7.02. The van der Waals surface area contributed by atoms with Crippen LogP contribution in [0.15, 0.2) is 109 Å². The van der Waals surface area contributed by atoms with Crippen molar-refractivity contribution in [3.05, 3.63) is 143 Å². The maximum atomic E-state index is 5.79. The topological polar surface area (TPSA) is 112 Å². The van der Waals surface area contributed by atoms with Crippen LogP contribution in [0.1, 0.15) is 59.8 Å². The van der Waals surface area contributed by atoms with Crippen molar-refractivity contribution in [1.29, 1.82) is 0 Å². The maximum Gasteiger partial charge on any atom is 0.173 e. The molecule has 0 spiro atoms. The molecule has 0 aliphatic carbocycles. The number of nitrogens with zero attached hydrogens (tertiary/aromatic N) is 10. The van der Waals surface area contributed by atoms with E-state index in [1.807, 2.05) is 59.6 Å². The van der Waals surface area contributed by atoms with Gasteiger partial charge in [-0.15, -0.1) is 10.2 Å². The maximum absolute atomic E-state index is 5.79. The number of hydrogen-bond acceptors (Lipinski definition) is 10. The van der Waals surface area contributed by atoms with E-state index in [0.717, 1.165) is 73.3 Å². The van der Waals surface area contributed by atoms with Crippen molar-refractivity contribution in [3.63, 3.8) is 0 Å². The van der Waals surface area contributed by atoms with Gasteiger partial charge in [0.1, 0.15) is 11.5 Å². The number of tetrazole rings is 2. The number of piperazine rings is 1. The van der Waals surface area contributed by atoms with E-state index in [9.17, 15) is 0 Å². The van der Waals surface area contributed by atoms with Crippen LogP contribution in [-0.4, -0.2) is 89.6 Å². The molecule has 3 heterocycles. The van der Waals surface area contributed by atoms with Crippen molar-refractivity contribution in [3.8, 4) is 11.5 Å². The van der Waals surface area contributed by atoms with E-state index in [4.69, 9.17) is 9.47 Å². The van der Waals surface area contributed by atoms with Gasteiger partial charge < -0.3 is 9.47 Å². The lowest BCUT2D eigenvalue weighted by molar-refractivity contribution is 0.0822. The molecule has 52 heavy (non-hydrogen) atoms. The van der Waals surface area contributed by atoms with Gasteiger partial charge >= 0.3 is 0 Å². The molecule has 268 valence electrons. The highest BCUT2D eigenvalue weighted by Crippen LogP contribution is 2.34. The van der Waals surface area contributed by atoms with Gasteiger partial charge in [0.15, 0.2) is 11.6 Å². The fraction of sp³-hybridized carbons (Fsp3) is 0.350. The highest BCUT2D eigenvalue weighted by atomic mass is 16.5. The summed E-state index contributed by atoms with van der Waals surface area (Å²) in [6, 6.07) is 37.4. The summed E-state index contributed by atoms with van der Waals surface area (Å²) in [5.41, 5.74) is 4.75. The van der Waals surface area contributed by atoms with Crippen LogP contribution >= 0.6 is 0 Å². The summed E-state index contributed by atoms with van der Waals surface area (Å²) in [5.74, 6) is 3.37. The molecular weight excluding hydrogens is 653 g/mol. The Morgan fingerprint density at radius 2 is 0.904 bits per heavy atom. The standard InChI is InChI=1S/C40H46N10O2/c1-3-51-35-19-15-33(16-20-35)37(39-41-43-45-49(39)25-23-31-11-7-5-8-12-31)47-27-29-48(30-28-47)38(34-17-21-36(22-18-34)52-4-2)40-42-44-46-50(40)26-24-32-13-9-6-10-14-32/h5-22,37-38H,3-4,23-30H2,1-2H3/t37-,38+. The third-order valence-electron chi connectivity index (χ3n) is 9.61. The predicted octanol–water partition coefficient (Wildman–Crippen LogP) is 5.44. The van der Waals surface area contributed by atoms with E-state index in [2.05, 4.69) is 114 Å². The Morgan fingerprint density at radius 3 is 1.27 bits per heavy atom. The first kappa shape index (κ1) is 35.0. The largest absolute Gasteiger partial charge is 0.494 e. The van der Waals surface area contributed by atoms with Crippen LogP contribution in [0, 0.1) is 0 Å². The Hall–Kier alpha value is -5.46. The zero-order valence-electron chi connectivity index (χ0n) is 29.9. The van der Waals surface area contributed by atoms with E-state index >= 15 is 0 Å². The number of rotatable bonds is 16. The van der Waals surface area contributed by atoms with Gasteiger partial charge in [0.25, 0.3) is 0 Å². The molecule has 12 nitrogen and oxygen atoms in total. The Balaban J connectivity index is 1.15. The molecular formula is C40H46N10O2. The summed E-state index contributed by atoms with van der Waals surface area (Å²) in [4.78, 5) is 4.98. The molecule has 0 N–H and O–H groups in total. The molecule has 0 bridgehead atoms. The molecule has 0 unspecified atom stereocenters. The normalized spacial score (nSPS) is 15.0. The molecule has 0 amide bonds. The van der Waals surface area contributed by atoms with Gasteiger partial charge in [-0.3, -0.25) is 9.80 Å². The van der Waals surface area contributed by atoms with Crippen molar-refractivity contribution >= 4 is 0 Å². The van der Waals surface area contributed by atoms with Crippen LogP contribution in [0.3, 0.4) is 0 Å². The van der Waals surface area contributed by atoms with Gasteiger partial charge in [-0.25, -0.2) is 9.36 Å². The molecule has 12 heteroatoms. The average molecular weight is 699 g/mol. The van der Waals surface area contributed by atoms with Gasteiger partial charge in [-0.2, -0.15) is 0 Å². The van der Waals surface area contributed by atoms with Crippen LogP contribution in [0.4, 0.5) is 0 Å². The Kier molecular flexibility index (Phi) is 11.5. The van der Waals surface area contributed by atoms with Gasteiger partial charge in [0, 0.05) is 39.3 Å². The lowest BCUT2D eigenvalue weighted by atomic mass is 10.0. The second-order valence-corrected chi connectivity index (χ2v) is 12.9. The van der Waals surface area contributed by atoms with Crippen LogP contribution in [0.25, 0.3) is 0 Å². The third kappa shape index (κ3) is 8.35. The number of aromatic nitrogens is 8. The number of benzene rings is 4. The Labute approximate surface area is 305 Å². The predicted molar refractivity (Wildman–Crippen MR) is 198 cm³/mol. The number of ether oxygens (including phenoxy) is 2. The molecule has 1 aliphatic rings. The lowest BCUT2D eigenvalue weighted by Gasteiger charge is -2.41. The summed E-state index contributed by atoms with van der Waals surface area (Å²) in [7, 11) is 0.